The third kappa shape index (κ3) is 9.61. The smallest absolute Gasteiger partial charge is 0.172 e. The van der Waals surface area contributed by atoms with Gasteiger partial charge in [-0.1, -0.05) is 71.6 Å². The average molecular weight is 657 g/mol. The second-order valence-corrected chi connectivity index (χ2v) is 13.0. The molecule has 0 heterocycles. The topological polar surface area (TPSA) is 0 Å². The molecular formula is C35H39Cl3Zr-2. The van der Waals surface area contributed by atoms with Crippen LogP contribution < -0.4 is 24.8 Å². The molecule has 0 aliphatic heterocycles. The fraction of sp³-hybridized carbons (Fsp3) is 0.314. The van der Waals surface area contributed by atoms with E-state index in [1.54, 1.807) is 0 Å². The van der Waals surface area contributed by atoms with Crippen molar-refractivity contribution < 1.29 is 49.0 Å². The Balaban J connectivity index is 0.000000392. The van der Waals surface area contributed by atoms with Gasteiger partial charge in [0.25, 0.3) is 0 Å². The summed E-state index contributed by atoms with van der Waals surface area (Å²) in [5.41, 5.74) is 12.8. The van der Waals surface area contributed by atoms with Gasteiger partial charge in [0.2, 0.25) is 0 Å². The van der Waals surface area contributed by atoms with E-state index in [9.17, 15) is 0 Å². The molecule has 1 aliphatic rings. The predicted molar refractivity (Wildman–Crippen MR) is 159 cm³/mol. The minimum atomic E-state index is 0. The van der Waals surface area contributed by atoms with Gasteiger partial charge >= 0.3 is 74.4 Å². The first-order valence-corrected chi connectivity index (χ1v) is 14.7. The van der Waals surface area contributed by atoms with Crippen LogP contribution in [-0.2, 0) is 41.5 Å². The molecule has 0 aromatic heterocycles. The molecule has 39 heavy (non-hydrogen) atoms. The number of aryl methyl sites for hydroxylation is 2. The van der Waals surface area contributed by atoms with E-state index in [0.29, 0.717) is 0 Å². The molecule has 0 amide bonds. The van der Waals surface area contributed by atoms with Crippen molar-refractivity contribution in [2.24, 2.45) is 0 Å². The van der Waals surface area contributed by atoms with Gasteiger partial charge in [-0.25, -0.2) is 12.1 Å². The van der Waals surface area contributed by atoms with Gasteiger partial charge in [-0.3, -0.25) is 0 Å². The van der Waals surface area contributed by atoms with Crippen molar-refractivity contribution >= 4 is 15.3 Å². The Labute approximate surface area is 269 Å². The third-order valence-electron chi connectivity index (χ3n) is 6.65. The molecular weight excluding hydrogens is 618 g/mol. The number of rotatable bonds is 1. The van der Waals surface area contributed by atoms with E-state index < -0.39 is 0 Å². The van der Waals surface area contributed by atoms with Crippen LogP contribution in [0.1, 0.15) is 80.5 Å². The SMILES string of the molecule is Cc1[c-]c2c(cc1C(C)(C)C)-c1cc(C(C)(C)C)c(C)cc1C2.Clc1cccc([CH]=[Zr+2])c1.[Cl-].[Cl-].c1cc[cH-]c1. The Hall–Kier alpha value is -1.37. The van der Waals surface area contributed by atoms with Crippen molar-refractivity contribution in [1.29, 1.82) is 0 Å². The van der Waals surface area contributed by atoms with Gasteiger partial charge in [0.15, 0.2) is 0 Å². The van der Waals surface area contributed by atoms with Gasteiger partial charge in [0, 0.05) is 0 Å². The normalized spacial score (nSPS) is 11.4. The van der Waals surface area contributed by atoms with E-state index >= 15 is 0 Å². The number of hydrogen-bond acceptors (Lipinski definition) is 0. The molecule has 0 saturated carbocycles. The zero-order valence-electron chi connectivity index (χ0n) is 24.3. The summed E-state index contributed by atoms with van der Waals surface area (Å²) >= 11 is 7.12. The number of benzene rings is 3. The van der Waals surface area contributed by atoms with Crippen LogP contribution in [0.25, 0.3) is 11.1 Å². The molecule has 0 bridgehead atoms. The maximum atomic E-state index is 5.71. The van der Waals surface area contributed by atoms with Crippen LogP contribution in [0.4, 0.5) is 0 Å². The summed E-state index contributed by atoms with van der Waals surface area (Å²) in [5.74, 6) is 0. The molecule has 0 radical (unpaired) electrons. The van der Waals surface area contributed by atoms with Crippen molar-refractivity contribution in [2.75, 3.05) is 0 Å². The van der Waals surface area contributed by atoms with Crippen molar-refractivity contribution in [3.8, 4) is 11.1 Å². The first-order chi connectivity index (χ1) is 17.3. The molecule has 5 rings (SSSR count). The van der Waals surface area contributed by atoms with Crippen molar-refractivity contribution in [1.82, 2.24) is 0 Å². The number of halogens is 3. The van der Waals surface area contributed by atoms with Crippen LogP contribution in [0.5, 0.6) is 0 Å². The van der Waals surface area contributed by atoms with Crippen molar-refractivity contribution in [2.45, 2.75) is 72.6 Å². The Morgan fingerprint density at radius 1 is 0.821 bits per heavy atom. The Kier molecular flexibility index (Phi) is 13.7. The van der Waals surface area contributed by atoms with Crippen LogP contribution in [-0.4, -0.2) is 3.71 Å². The summed E-state index contributed by atoms with van der Waals surface area (Å²) in [7, 11) is 0. The number of fused-ring (bicyclic) bond motifs is 3. The van der Waals surface area contributed by atoms with Crippen LogP contribution >= 0.6 is 11.6 Å². The fourth-order valence-corrected chi connectivity index (χ4v) is 5.58. The third-order valence-corrected chi connectivity index (χ3v) is 7.71. The van der Waals surface area contributed by atoms with Crippen molar-refractivity contribution in [3.05, 3.63) is 123 Å². The van der Waals surface area contributed by atoms with E-state index in [4.69, 9.17) is 11.6 Å². The largest absolute Gasteiger partial charge is 1.00 e. The van der Waals surface area contributed by atoms with E-state index in [1.807, 2.05) is 54.6 Å². The van der Waals surface area contributed by atoms with Crippen LogP contribution in [0, 0.1) is 19.9 Å². The van der Waals surface area contributed by atoms with Crippen molar-refractivity contribution in [3.63, 3.8) is 0 Å². The molecule has 0 spiro atoms. The van der Waals surface area contributed by atoms with Gasteiger partial charge in [0.1, 0.15) is 0 Å². The first kappa shape index (κ1) is 35.7. The van der Waals surface area contributed by atoms with Gasteiger partial charge in [-0.2, -0.15) is 35.9 Å². The molecule has 0 N–H and O–H groups in total. The summed E-state index contributed by atoms with van der Waals surface area (Å²) < 4.78 is 2.11. The molecule has 0 fully saturated rings. The zero-order valence-corrected chi connectivity index (χ0v) is 29.1. The summed E-state index contributed by atoms with van der Waals surface area (Å²) in [5, 5.41) is 0.811. The second kappa shape index (κ2) is 15.0. The Bertz CT molecular complexity index is 1270. The van der Waals surface area contributed by atoms with Crippen LogP contribution in [0.2, 0.25) is 5.02 Å². The molecule has 206 valence electrons. The molecule has 0 nitrogen and oxygen atoms in total. The second-order valence-electron chi connectivity index (χ2n) is 11.9. The molecule has 4 heteroatoms. The molecule has 4 aromatic carbocycles. The molecule has 4 aromatic rings. The molecule has 1 aliphatic carbocycles. The van der Waals surface area contributed by atoms with E-state index in [-0.39, 0.29) is 35.6 Å². The van der Waals surface area contributed by atoms with E-state index in [2.05, 4.69) is 83.4 Å². The predicted octanol–water partition coefficient (Wildman–Crippen LogP) is 3.72. The Morgan fingerprint density at radius 3 is 1.87 bits per heavy atom. The molecule has 0 saturated heterocycles. The maximum Gasteiger partial charge on any atom is -0.172 e. The standard InChI is InChI=1S/C23H29.C7H5Cl.C5H5.2ClH.Zr/c1-14-9-16-11-17-10-15(2)21(23(6,7)8)13-19(17)18(16)12-20(14)22(3,4)5;1-6-3-2-4-7(8)5-6;1-2-4-5-3-1;;;/h9,12-13H,11H2,1-8H3;1-5H;1-5H;2*1H;/q-1;;-1;;;+2/p-2. The summed E-state index contributed by atoms with van der Waals surface area (Å²) in [6.07, 6.45) is 1.03. The zero-order chi connectivity index (χ0) is 27.4. The fourth-order valence-electron chi connectivity index (χ4n) is 4.94. The Morgan fingerprint density at radius 2 is 1.41 bits per heavy atom. The minimum absolute atomic E-state index is 0. The summed E-state index contributed by atoms with van der Waals surface area (Å²) in [6, 6.07) is 28.8. The number of hydrogen-bond donors (Lipinski definition) is 0. The van der Waals surface area contributed by atoms with Gasteiger partial charge in [-0.05, 0) is 35.4 Å². The first-order valence-electron chi connectivity index (χ1n) is 12.9. The monoisotopic (exact) mass is 654 g/mol. The van der Waals surface area contributed by atoms with Crippen LogP contribution in [0.3, 0.4) is 0 Å². The summed E-state index contributed by atoms with van der Waals surface area (Å²) in [6.45, 7) is 18.2. The average Bonchev–Trinajstić information content (AvgIpc) is 3.48. The molecule has 0 unspecified atom stereocenters. The van der Waals surface area contributed by atoms with Gasteiger partial charge in [-0.15, -0.1) is 16.7 Å². The van der Waals surface area contributed by atoms with Gasteiger partial charge in [0.05, 0.1) is 0 Å². The van der Waals surface area contributed by atoms with Gasteiger partial charge < -0.3 is 24.8 Å². The summed E-state index contributed by atoms with van der Waals surface area (Å²) in [4.78, 5) is 0. The maximum absolute atomic E-state index is 5.71. The van der Waals surface area contributed by atoms with E-state index in [1.165, 1.54) is 74.3 Å². The quantitative estimate of drug-likeness (QED) is 0.242. The minimum Gasteiger partial charge on any atom is -1.00 e. The van der Waals surface area contributed by atoms with Crippen LogP contribution in [0.15, 0.2) is 72.8 Å². The molecule has 0 atom stereocenters. The van der Waals surface area contributed by atoms with E-state index in [0.717, 1.165) is 11.4 Å².